The zero-order valence-corrected chi connectivity index (χ0v) is 21.3. The van der Waals surface area contributed by atoms with E-state index in [-0.39, 0.29) is 31.8 Å². The summed E-state index contributed by atoms with van der Waals surface area (Å²) >= 11 is 1.34. The normalized spacial score (nSPS) is 12.3. The number of anilines is 1. The highest BCUT2D eigenvalue weighted by atomic mass is 32.1. The summed E-state index contributed by atoms with van der Waals surface area (Å²) in [5.74, 6) is -0.574. The van der Waals surface area contributed by atoms with Crippen molar-refractivity contribution in [3.8, 4) is 6.57 Å². The van der Waals surface area contributed by atoms with Crippen molar-refractivity contribution in [3.63, 3.8) is 0 Å². The van der Waals surface area contributed by atoms with Gasteiger partial charge >= 0.3 is 17.8 Å². The second-order valence-electron chi connectivity index (χ2n) is 8.30. The van der Waals surface area contributed by atoms with Crippen molar-refractivity contribution in [1.29, 1.82) is 0 Å². The average molecular weight is 506 g/mol. The van der Waals surface area contributed by atoms with Crippen LogP contribution < -0.4 is 5.32 Å². The van der Waals surface area contributed by atoms with Gasteiger partial charge in [0.1, 0.15) is 28.8 Å². The third kappa shape index (κ3) is 8.60. The lowest BCUT2D eigenvalue weighted by Gasteiger charge is -2.27. The number of aromatic nitrogens is 3. The molecule has 2 aromatic rings. The van der Waals surface area contributed by atoms with Crippen molar-refractivity contribution < 1.29 is 23.5 Å². The number of fused-ring (bicyclic) bond motifs is 1. The summed E-state index contributed by atoms with van der Waals surface area (Å²) in [6.07, 6.45) is 4.10. The van der Waals surface area contributed by atoms with Gasteiger partial charge in [0, 0.05) is 19.5 Å². The van der Waals surface area contributed by atoms with E-state index in [0.29, 0.717) is 27.6 Å². The third-order valence-corrected chi connectivity index (χ3v) is 5.49. The van der Waals surface area contributed by atoms with Gasteiger partial charge in [-0.25, -0.2) is 19.7 Å². The topological polar surface area (TPSA) is 111 Å². The number of rotatable bonds is 10. The molecule has 0 saturated carbocycles. The lowest BCUT2D eigenvalue weighted by molar-refractivity contribution is -0.140. The molecule has 0 saturated heterocycles. The average Bonchev–Trinajstić information content (AvgIpc) is 3.22. The zero-order valence-electron chi connectivity index (χ0n) is 20.5. The van der Waals surface area contributed by atoms with Crippen LogP contribution in [0.1, 0.15) is 39.1 Å². The number of ether oxygens (including phenoxy) is 2. The highest BCUT2D eigenvalue weighted by molar-refractivity contribution is 7.18. The smallest absolute Gasteiger partial charge is 0.410 e. The van der Waals surface area contributed by atoms with Gasteiger partial charge in [-0.15, -0.1) is 0 Å². The maximum absolute atomic E-state index is 14.0. The van der Waals surface area contributed by atoms with E-state index in [1.807, 2.05) is 0 Å². The van der Waals surface area contributed by atoms with Crippen LogP contribution in [0.15, 0.2) is 30.0 Å². The number of nitrogens with zero attached hydrogens (tertiary/aromatic N) is 5. The first-order chi connectivity index (χ1) is 16.6. The van der Waals surface area contributed by atoms with E-state index in [1.54, 1.807) is 33.8 Å². The zero-order chi connectivity index (χ0) is 26.0. The van der Waals surface area contributed by atoms with Crippen LogP contribution in [-0.2, 0) is 20.7 Å². The van der Waals surface area contributed by atoms with E-state index < -0.39 is 23.5 Å². The summed E-state index contributed by atoms with van der Waals surface area (Å²) in [6.45, 7) is 12.7. The monoisotopic (exact) mass is 505 g/mol. The molecule has 0 aliphatic carbocycles. The van der Waals surface area contributed by atoms with Gasteiger partial charge in [-0.3, -0.25) is 4.79 Å². The molecule has 0 unspecified atom stereocenters. The van der Waals surface area contributed by atoms with Gasteiger partial charge in [0.25, 0.3) is 6.57 Å². The fraction of sp³-hybridized carbons (Fsp3) is 0.478. The summed E-state index contributed by atoms with van der Waals surface area (Å²) in [5.41, 5.74) is -0.139. The maximum Gasteiger partial charge on any atom is 0.410 e. The van der Waals surface area contributed by atoms with Crippen LogP contribution in [0.4, 0.5) is 15.0 Å². The quantitative estimate of drug-likeness (QED) is 0.370. The van der Waals surface area contributed by atoms with Crippen molar-refractivity contribution in [3.05, 3.63) is 39.9 Å². The summed E-state index contributed by atoms with van der Waals surface area (Å²) in [6, 6.07) is 0. The van der Waals surface area contributed by atoms with Crippen molar-refractivity contribution in [2.45, 2.75) is 46.1 Å². The van der Waals surface area contributed by atoms with Crippen molar-refractivity contribution in [1.82, 2.24) is 19.9 Å². The van der Waals surface area contributed by atoms with Crippen molar-refractivity contribution in [2.24, 2.45) is 0 Å². The number of carbonyl (C=O) groups excluding carboxylic acids is 2. The molecule has 0 bridgehead atoms. The Balaban J connectivity index is 2.17. The second kappa shape index (κ2) is 12.8. The van der Waals surface area contributed by atoms with Gasteiger partial charge in [0.15, 0.2) is 5.82 Å². The molecule has 35 heavy (non-hydrogen) atoms. The van der Waals surface area contributed by atoms with E-state index >= 15 is 0 Å². The van der Waals surface area contributed by atoms with Crippen molar-refractivity contribution in [2.75, 3.05) is 32.1 Å². The Kier molecular flexibility index (Phi) is 10.1. The molecule has 2 heterocycles. The molecule has 0 aliphatic rings. The molecular weight excluding hydrogens is 475 g/mol. The van der Waals surface area contributed by atoms with Crippen molar-refractivity contribution >= 4 is 39.6 Å². The summed E-state index contributed by atoms with van der Waals surface area (Å²) in [7, 11) is 1.29. The predicted octanol–water partition coefficient (Wildman–Crippen LogP) is 4.56. The Morgan fingerprint density at radius 1 is 1.31 bits per heavy atom. The summed E-state index contributed by atoms with van der Waals surface area (Å²) in [5, 5.41) is 3.69. The molecule has 2 aromatic heterocycles. The lowest BCUT2D eigenvalue weighted by Crippen LogP contribution is -2.39. The second-order valence-corrected chi connectivity index (χ2v) is 9.37. The molecule has 0 aliphatic heterocycles. The van der Waals surface area contributed by atoms with Crippen LogP contribution in [0.5, 0.6) is 0 Å². The number of methoxy groups -OCH3 is 1. The molecule has 0 spiro atoms. The Hall–Kier alpha value is -3.59. The number of amides is 1. The van der Waals surface area contributed by atoms with Crippen LogP contribution in [-0.4, -0.2) is 64.3 Å². The van der Waals surface area contributed by atoms with Gasteiger partial charge in [0.05, 0.1) is 18.5 Å². The number of hydrogen-bond donors (Lipinski definition) is 1. The molecule has 1 amide bonds. The number of thiazole rings is 1. The number of carbonyl (C=O) groups is 2. The minimum Gasteiger partial charge on any atom is -0.469 e. The largest absolute Gasteiger partial charge is 0.469 e. The predicted molar refractivity (Wildman–Crippen MR) is 133 cm³/mol. The molecule has 0 radical (unpaired) electrons. The highest BCUT2D eigenvalue weighted by Crippen LogP contribution is 2.25. The van der Waals surface area contributed by atoms with E-state index in [2.05, 4.69) is 29.9 Å². The van der Waals surface area contributed by atoms with Gasteiger partial charge in [0.2, 0.25) is 5.83 Å². The first-order valence-corrected chi connectivity index (χ1v) is 11.7. The maximum atomic E-state index is 14.0. The Morgan fingerprint density at radius 3 is 2.69 bits per heavy atom. The molecule has 0 aromatic carbocycles. The molecule has 188 valence electrons. The number of nitrogens with one attached hydrogen (secondary N) is 1. The van der Waals surface area contributed by atoms with Crippen LogP contribution >= 0.6 is 11.3 Å². The van der Waals surface area contributed by atoms with E-state index in [4.69, 9.17) is 11.3 Å². The Labute approximate surface area is 207 Å². The van der Waals surface area contributed by atoms with E-state index in [9.17, 15) is 14.0 Å². The van der Waals surface area contributed by atoms with E-state index in [0.717, 1.165) is 0 Å². The minimum atomic E-state index is -0.678. The van der Waals surface area contributed by atoms with Crippen LogP contribution in [0.3, 0.4) is 0 Å². The fourth-order valence-electron chi connectivity index (χ4n) is 2.81. The number of esters is 1. The molecular formula is C23H30FN6O4S+. The first kappa shape index (κ1) is 27.7. The molecule has 0 fully saturated rings. The van der Waals surface area contributed by atoms with Crippen LogP contribution in [0.2, 0.25) is 0 Å². The lowest BCUT2D eigenvalue weighted by atomic mass is 10.2. The molecule has 10 nitrogen and oxygen atoms in total. The molecule has 2 rings (SSSR count). The fourth-order valence-corrected chi connectivity index (χ4v) is 3.71. The van der Waals surface area contributed by atoms with Crippen LogP contribution in [0, 0.1) is 6.57 Å². The molecule has 0 atom stereocenters. The summed E-state index contributed by atoms with van der Waals surface area (Å²) in [4.78, 5) is 42.8. The highest BCUT2D eigenvalue weighted by Gasteiger charge is 2.23. The summed E-state index contributed by atoms with van der Waals surface area (Å²) < 4.78 is 24.2. The molecule has 1 N–H and O–H groups in total. The number of allylic oxidation sites excluding steroid dienone is 3. The van der Waals surface area contributed by atoms with Crippen LogP contribution in [0.25, 0.3) is 15.2 Å². The number of halogens is 1. The van der Waals surface area contributed by atoms with Gasteiger partial charge < -0.3 is 19.7 Å². The first-order valence-electron chi connectivity index (χ1n) is 10.9. The standard InChI is InChI=1S/C23H30FN6O4S/c1-7-8-15(24)16(25-5)13-26-20-19-21(28-14-27-20)35-17(29-19)9-11-30(12-10-18(31)33-6)22(32)34-23(2,3)4/h5,7-8,14H,9-13H2,1-4,6H3,(H,26,27,28)/q+1/b8-7-,16-15+. The third-order valence-electron chi connectivity index (χ3n) is 4.47. The van der Waals surface area contributed by atoms with Gasteiger partial charge in [-0.2, -0.15) is 4.39 Å². The van der Waals surface area contributed by atoms with E-state index in [1.165, 1.54) is 35.7 Å². The van der Waals surface area contributed by atoms with Gasteiger partial charge in [-0.05, 0) is 38.6 Å². The number of hydrogen-bond acceptors (Lipinski definition) is 9. The SMILES string of the molecule is C#[N+]/C(CNc1ncnc2sc(CCN(CCC(=O)OC)C(=O)OC(C)(C)C)nc12)=C(F)\C=C/C. The minimum absolute atomic E-state index is 0.00555. The Bertz CT molecular complexity index is 1150. The Morgan fingerprint density at radius 2 is 2.06 bits per heavy atom. The van der Waals surface area contributed by atoms with Gasteiger partial charge in [-0.1, -0.05) is 17.4 Å². The molecule has 12 heteroatoms.